The van der Waals surface area contributed by atoms with Gasteiger partial charge in [-0.1, -0.05) is 30.3 Å². The summed E-state index contributed by atoms with van der Waals surface area (Å²) in [6, 6.07) is 11.9. The zero-order valence-electron chi connectivity index (χ0n) is 10.2. The fourth-order valence-corrected chi connectivity index (χ4v) is 2.19. The average Bonchev–Trinajstić information content (AvgIpc) is 3.07. The Bertz CT molecular complexity index is 696. The van der Waals surface area contributed by atoms with Crippen molar-refractivity contribution in [1.82, 2.24) is 24.5 Å². The second-order valence-electron chi connectivity index (χ2n) is 4.14. The van der Waals surface area contributed by atoms with E-state index in [1.165, 1.54) is 0 Å². The van der Waals surface area contributed by atoms with Crippen LogP contribution in [0.1, 0.15) is 0 Å². The van der Waals surface area contributed by atoms with Gasteiger partial charge in [-0.15, -0.1) is 0 Å². The third kappa shape index (κ3) is 2.48. The molecule has 0 atom stereocenters. The third-order valence-electron chi connectivity index (χ3n) is 2.90. The smallest absolute Gasteiger partial charge is 0.195 e. The first kappa shape index (κ1) is 11.9. The van der Waals surface area contributed by atoms with Gasteiger partial charge in [0.2, 0.25) is 0 Å². The van der Waals surface area contributed by atoms with Gasteiger partial charge in [-0.05, 0) is 18.3 Å². The molecule has 0 saturated heterocycles. The minimum absolute atomic E-state index is 0.631. The fourth-order valence-electron chi connectivity index (χ4n) is 1.97. The normalized spacial score (nSPS) is 10.7. The number of aromatic amines is 1. The van der Waals surface area contributed by atoms with Crippen molar-refractivity contribution < 1.29 is 0 Å². The molecule has 3 rings (SSSR count). The molecule has 2 heterocycles. The Hall–Kier alpha value is -2.21. The highest BCUT2D eigenvalue weighted by molar-refractivity contribution is 7.71. The molecule has 5 nitrogen and oxygen atoms in total. The van der Waals surface area contributed by atoms with Crippen LogP contribution in [0.15, 0.2) is 48.8 Å². The first-order valence-electron chi connectivity index (χ1n) is 6.02. The van der Waals surface area contributed by atoms with Crippen LogP contribution in [0.4, 0.5) is 0 Å². The van der Waals surface area contributed by atoms with Gasteiger partial charge in [-0.2, -0.15) is 10.2 Å². The average molecular weight is 271 g/mol. The lowest BCUT2D eigenvalue weighted by Crippen LogP contribution is -2.09. The van der Waals surface area contributed by atoms with Crippen LogP contribution in [0.3, 0.4) is 0 Å². The number of hydrogen-bond donors (Lipinski definition) is 1. The number of nitrogens with zero attached hydrogens (tertiary/aromatic N) is 4. The molecule has 0 bridgehead atoms. The van der Waals surface area contributed by atoms with E-state index in [1.54, 1.807) is 6.20 Å². The monoisotopic (exact) mass is 271 g/mol. The summed E-state index contributed by atoms with van der Waals surface area (Å²) in [6.45, 7) is 1.50. The summed E-state index contributed by atoms with van der Waals surface area (Å²) < 4.78 is 4.50. The Kier molecular flexibility index (Phi) is 3.24. The van der Waals surface area contributed by atoms with E-state index in [-0.39, 0.29) is 0 Å². The number of nitrogens with one attached hydrogen (secondary N) is 1. The Morgan fingerprint density at radius 3 is 2.68 bits per heavy atom. The van der Waals surface area contributed by atoms with Crippen LogP contribution in [0.5, 0.6) is 0 Å². The van der Waals surface area contributed by atoms with Crippen LogP contribution in [0, 0.1) is 4.77 Å². The molecule has 0 unspecified atom stereocenters. The lowest BCUT2D eigenvalue weighted by molar-refractivity contribution is 0.532. The van der Waals surface area contributed by atoms with Gasteiger partial charge < -0.3 is 0 Å². The van der Waals surface area contributed by atoms with Crippen molar-refractivity contribution >= 4 is 12.2 Å². The van der Waals surface area contributed by atoms with Crippen molar-refractivity contribution in [2.75, 3.05) is 0 Å². The fraction of sp³-hybridized carbons (Fsp3) is 0.154. The molecule has 19 heavy (non-hydrogen) atoms. The van der Waals surface area contributed by atoms with Gasteiger partial charge >= 0.3 is 0 Å². The van der Waals surface area contributed by atoms with E-state index in [1.807, 2.05) is 51.8 Å². The molecule has 0 aliphatic heterocycles. The molecular weight excluding hydrogens is 258 g/mol. The maximum absolute atomic E-state index is 5.28. The first-order valence-corrected chi connectivity index (χ1v) is 6.43. The standard InChI is InChI=1S/C13H13N5S/c19-13-16-15-12(11-5-2-1-3-6-11)18(13)10-9-17-8-4-7-14-17/h1-8H,9-10H2,(H,16,19). The van der Waals surface area contributed by atoms with Crippen LogP contribution in [0.2, 0.25) is 0 Å². The topological polar surface area (TPSA) is 51.4 Å². The summed E-state index contributed by atoms with van der Waals surface area (Å²) in [5, 5.41) is 11.3. The molecule has 96 valence electrons. The minimum Gasteiger partial charge on any atom is -0.298 e. The van der Waals surface area contributed by atoms with Crippen molar-refractivity contribution in [3.63, 3.8) is 0 Å². The van der Waals surface area contributed by atoms with Gasteiger partial charge in [0.05, 0.1) is 6.54 Å². The van der Waals surface area contributed by atoms with E-state index in [0.29, 0.717) is 4.77 Å². The molecule has 0 aliphatic carbocycles. The first-order chi connectivity index (χ1) is 9.34. The molecule has 6 heteroatoms. The molecule has 0 aliphatic rings. The maximum Gasteiger partial charge on any atom is 0.195 e. The maximum atomic E-state index is 5.28. The second-order valence-corrected chi connectivity index (χ2v) is 4.53. The van der Waals surface area contributed by atoms with E-state index in [9.17, 15) is 0 Å². The third-order valence-corrected chi connectivity index (χ3v) is 3.21. The van der Waals surface area contributed by atoms with Gasteiger partial charge in [-0.3, -0.25) is 14.3 Å². The number of H-pyrrole nitrogens is 1. The highest BCUT2D eigenvalue weighted by Gasteiger charge is 2.08. The van der Waals surface area contributed by atoms with Crippen molar-refractivity contribution in [3.8, 4) is 11.4 Å². The molecule has 0 saturated carbocycles. The molecular formula is C13H13N5S. The predicted molar refractivity (Wildman–Crippen MR) is 75.1 cm³/mol. The lowest BCUT2D eigenvalue weighted by Gasteiger charge is -2.07. The molecule has 2 aromatic heterocycles. The zero-order valence-corrected chi connectivity index (χ0v) is 11.0. The van der Waals surface area contributed by atoms with Crippen molar-refractivity contribution in [1.29, 1.82) is 0 Å². The van der Waals surface area contributed by atoms with Crippen molar-refractivity contribution in [2.24, 2.45) is 0 Å². The zero-order chi connectivity index (χ0) is 13.1. The van der Waals surface area contributed by atoms with E-state index in [2.05, 4.69) is 15.3 Å². The highest BCUT2D eigenvalue weighted by Crippen LogP contribution is 2.16. The Morgan fingerprint density at radius 1 is 1.11 bits per heavy atom. The number of hydrogen-bond acceptors (Lipinski definition) is 3. The van der Waals surface area contributed by atoms with Crippen LogP contribution in [-0.2, 0) is 13.1 Å². The summed E-state index contributed by atoms with van der Waals surface area (Å²) in [5.74, 6) is 0.859. The van der Waals surface area contributed by atoms with E-state index >= 15 is 0 Å². The Labute approximate surface area is 115 Å². The van der Waals surface area contributed by atoms with Crippen molar-refractivity contribution in [3.05, 3.63) is 53.6 Å². The Balaban J connectivity index is 1.89. The van der Waals surface area contributed by atoms with E-state index in [4.69, 9.17) is 12.2 Å². The van der Waals surface area contributed by atoms with Crippen LogP contribution in [-0.4, -0.2) is 24.5 Å². The Morgan fingerprint density at radius 2 is 1.95 bits per heavy atom. The van der Waals surface area contributed by atoms with Crippen LogP contribution in [0.25, 0.3) is 11.4 Å². The van der Waals surface area contributed by atoms with Gasteiger partial charge in [0.15, 0.2) is 10.6 Å². The van der Waals surface area contributed by atoms with Gasteiger partial charge in [0.25, 0.3) is 0 Å². The van der Waals surface area contributed by atoms with Crippen LogP contribution < -0.4 is 0 Å². The summed E-state index contributed by atoms with van der Waals surface area (Å²) >= 11 is 5.28. The minimum atomic E-state index is 0.631. The number of rotatable bonds is 4. The lowest BCUT2D eigenvalue weighted by atomic mass is 10.2. The molecule has 0 fully saturated rings. The molecule has 0 spiro atoms. The van der Waals surface area contributed by atoms with Crippen LogP contribution >= 0.6 is 12.2 Å². The second kappa shape index (κ2) is 5.19. The van der Waals surface area contributed by atoms with Gasteiger partial charge in [0.1, 0.15) is 0 Å². The molecule has 0 radical (unpaired) electrons. The number of benzene rings is 1. The largest absolute Gasteiger partial charge is 0.298 e. The predicted octanol–water partition coefficient (Wildman–Crippen LogP) is 2.50. The number of aryl methyl sites for hydroxylation is 1. The molecule has 1 aromatic carbocycles. The van der Waals surface area contributed by atoms with E-state index < -0.39 is 0 Å². The number of aromatic nitrogens is 5. The quantitative estimate of drug-likeness (QED) is 0.742. The molecule has 1 N–H and O–H groups in total. The summed E-state index contributed by atoms with van der Waals surface area (Å²) in [6.07, 6.45) is 3.71. The van der Waals surface area contributed by atoms with Gasteiger partial charge in [0, 0.05) is 24.5 Å². The van der Waals surface area contributed by atoms with Gasteiger partial charge in [-0.25, -0.2) is 0 Å². The van der Waals surface area contributed by atoms with E-state index in [0.717, 1.165) is 24.5 Å². The molecule has 0 amide bonds. The summed E-state index contributed by atoms with van der Waals surface area (Å²) in [7, 11) is 0. The summed E-state index contributed by atoms with van der Waals surface area (Å²) in [5.41, 5.74) is 1.05. The SMILES string of the molecule is S=c1[nH]nc(-c2ccccc2)n1CCn1cccn1. The molecule has 3 aromatic rings. The highest BCUT2D eigenvalue weighted by atomic mass is 32.1. The summed E-state index contributed by atoms with van der Waals surface area (Å²) in [4.78, 5) is 0. The van der Waals surface area contributed by atoms with Crippen molar-refractivity contribution in [2.45, 2.75) is 13.1 Å².